The molecule has 1 saturated carbocycles. The highest BCUT2D eigenvalue weighted by Crippen LogP contribution is 2.27. The van der Waals surface area contributed by atoms with Gasteiger partial charge in [-0.05, 0) is 37.1 Å². The summed E-state index contributed by atoms with van der Waals surface area (Å²) in [5.74, 6) is 0. The van der Waals surface area contributed by atoms with E-state index in [0.29, 0.717) is 4.90 Å². The van der Waals surface area contributed by atoms with Gasteiger partial charge in [0.25, 0.3) is 0 Å². The smallest absolute Gasteiger partial charge is 0.240 e. The third-order valence-corrected chi connectivity index (χ3v) is 7.50. The van der Waals surface area contributed by atoms with Gasteiger partial charge in [0.1, 0.15) is 0 Å². The fraction of sp³-hybridized carbons (Fsp3) is 0.455. The van der Waals surface area contributed by atoms with Crippen LogP contribution in [0, 0.1) is 0 Å². The van der Waals surface area contributed by atoms with Crippen LogP contribution in [-0.4, -0.2) is 51.6 Å². The lowest BCUT2D eigenvalue weighted by molar-refractivity contribution is 0.124. The van der Waals surface area contributed by atoms with Crippen LogP contribution in [0.2, 0.25) is 0 Å². The van der Waals surface area contributed by atoms with Crippen LogP contribution in [0.3, 0.4) is 0 Å². The molecule has 0 aromatic heterocycles. The molecule has 0 bridgehead atoms. The van der Waals surface area contributed by atoms with E-state index in [0.717, 1.165) is 45.4 Å². The van der Waals surface area contributed by atoms with Crippen molar-refractivity contribution in [2.45, 2.75) is 42.7 Å². The predicted molar refractivity (Wildman–Crippen MR) is 113 cm³/mol. The lowest BCUT2D eigenvalue weighted by atomic mass is 9.89. The van der Waals surface area contributed by atoms with Gasteiger partial charge in [0.2, 0.25) is 10.0 Å². The molecular formula is C22H29N3O2S. The van der Waals surface area contributed by atoms with Gasteiger partial charge in [0.05, 0.1) is 4.90 Å². The molecule has 0 amide bonds. The zero-order valence-electron chi connectivity index (χ0n) is 16.2. The molecule has 1 N–H and O–H groups in total. The molecule has 0 unspecified atom stereocenters. The summed E-state index contributed by atoms with van der Waals surface area (Å²) in [5.41, 5.74) is 1.27. The number of nitrogens with zero attached hydrogens (tertiary/aromatic N) is 2. The summed E-state index contributed by atoms with van der Waals surface area (Å²) in [5, 5.41) is 0. The Morgan fingerprint density at radius 1 is 0.786 bits per heavy atom. The largest absolute Gasteiger partial charge is 0.369 e. The van der Waals surface area contributed by atoms with E-state index in [1.54, 1.807) is 24.3 Å². The summed E-state index contributed by atoms with van der Waals surface area (Å²) in [4.78, 5) is 5.27. The first-order chi connectivity index (χ1) is 13.6. The first-order valence-electron chi connectivity index (χ1n) is 10.2. The summed E-state index contributed by atoms with van der Waals surface area (Å²) < 4.78 is 28.7. The second kappa shape index (κ2) is 8.64. The van der Waals surface area contributed by atoms with Gasteiger partial charge >= 0.3 is 0 Å². The average molecular weight is 400 g/mol. The third-order valence-electron chi connectivity index (χ3n) is 5.99. The number of benzene rings is 2. The van der Waals surface area contributed by atoms with Gasteiger partial charge in [0, 0.05) is 44.0 Å². The third kappa shape index (κ3) is 4.40. The van der Waals surface area contributed by atoms with Crippen molar-refractivity contribution in [3.8, 4) is 0 Å². The van der Waals surface area contributed by atoms with E-state index < -0.39 is 10.0 Å². The van der Waals surface area contributed by atoms with E-state index in [4.69, 9.17) is 0 Å². The molecule has 2 aromatic rings. The fourth-order valence-electron chi connectivity index (χ4n) is 4.50. The summed E-state index contributed by atoms with van der Waals surface area (Å²) in [6, 6.07) is 19.5. The first-order valence-corrected chi connectivity index (χ1v) is 11.7. The highest BCUT2D eigenvalue weighted by atomic mass is 32.2. The van der Waals surface area contributed by atoms with Crippen molar-refractivity contribution in [1.82, 2.24) is 9.62 Å². The second-order valence-corrected chi connectivity index (χ2v) is 9.47. The monoisotopic (exact) mass is 399 g/mol. The SMILES string of the molecule is O=S(=O)(N[C@H]1CCCC[C@@H]1N1CCN(c2ccccc2)CC1)c1ccccc1. The first kappa shape index (κ1) is 19.4. The molecule has 4 rings (SSSR count). The van der Waals surface area contributed by atoms with Crippen molar-refractivity contribution < 1.29 is 8.42 Å². The van der Waals surface area contributed by atoms with E-state index >= 15 is 0 Å². The Kier molecular flexibility index (Phi) is 5.99. The predicted octanol–water partition coefficient (Wildman–Crippen LogP) is 3.10. The number of para-hydroxylation sites is 1. The molecule has 150 valence electrons. The molecule has 2 fully saturated rings. The molecule has 6 heteroatoms. The van der Waals surface area contributed by atoms with Crippen LogP contribution in [0.15, 0.2) is 65.6 Å². The van der Waals surface area contributed by atoms with Crippen molar-refractivity contribution in [3.63, 3.8) is 0 Å². The lowest BCUT2D eigenvalue weighted by Crippen LogP contribution is -2.58. The zero-order chi connectivity index (χ0) is 19.4. The van der Waals surface area contributed by atoms with E-state index in [1.807, 2.05) is 12.1 Å². The molecule has 1 saturated heterocycles. The minimum absolute atomic E-state index is 0.0118. The molecule has 0 spiro atoms. The summed E-state index contributed by atoms with van der Waals surface area (Å²) in [7, 11) is -3.47. The average Bonchev–Trinajstić information content (AvgIpc) is 2.75. The standard InChI is InChI=1S/C22H29N3O2S/c26-28(27,20-11-5-2-6-12-20)23-21-13-7-8-14-22(21)25-17-15-24(16-18-25)19-9-3-1-4-10-19/h1-6,9-12,21-23H,7-8,13-18H2/t21-,22-/m0/s1. The summed E-state index contributed by atoms with van der Waals surface area (Å²) >= 11 is 0. The van der Waals surface area contributed by atoms with Gasteiger partial charge in [-0.15, -0.1) is 0 Å². The van der Waals surface area contributed by atoms with Gasteiger partial charge in [-0.2, -0.15) is 0 Å². The van der Waals surface area contributed by atoms with Gasteiger partial charge in [-0.25, -0.2) is 13.1 Å². The van der Waals surface area contributed by atoms with E-state index in [-0.39, 0.29) is 12.1 Å². The number of nitrogens with one attached hydrogen (secondary N) is 1. The second-order valence-electron chi connectivity index (χ2n) is 7.75. The lowest BCUT2D eigenvalue weighted by Gasteiger charge is -2.44. The summed E-state index contributed by atoms with van der Waals surface area (Å²) in [6.45, 7) is 3.92. The van der Waals surface area contributed by atoms with Crippen LogP contribution in [0.5, 0.6) is 0 Å². The quantitative estimate of drug-likeness (QED) is 0.839. The fourth-order valence-corrected chi connectivity index (χ4v) is 5.83. The molecule has 28 heavy (non-hydrogen) atoms. The van der Waals surface area contributed by atoms with Crippen LogP contribution in [0.25, 0.3) is 0 Å². The van der Waals surface area contributed by atoms with Crippen LogP contribution in [0.1, 0.15) is 25.7 Å². The van der Waals surface area contributed by atoms with Crippen LogP contribution in [0.4, 0.5) is 5.69 Å². The molecule has 1 aliphatic carbocycles. The minimum atomic E-state index is -3.47. The Balaban J connectivity index is 1.42. The van der Waals surface area contributed by atoms with Crippen molar-refractivity contribution in [1.29, 1.82) is 0 Å². The Morgan fingerprint density at radius 3 is 2.07 bits per heavy atom. The topological polar surface area (TPSA) is 52.7 Å². The molecule has 1 heterocycles. The maximum Gasteiger partial charge on any atom is 0.240 e. The van der Waals surface area contributed by atoms with E-state index in [2.05, 4.69) is 38.8 Å². The Morgan fingerprint density at radius 2 is 1.39 bits per heavy atom. The Bertz CT molecular complexity index is 850. The zero-order valence-corrected chi connectivity index (χ0v) is 17.0. The number of hydrogen-bond donors (Lipinski definition) is 1. The van der Waals surface area contributed by atoms with E-state index in [1.165, 1.54) is 12.1 Å². The molecule has 0 radical (unpaired) electrons. The molecule has 5 nitrogen and oxygen atoms in total. The number of hydrogen-bond acceptors (Lipinski definition) is 4. The van der Waals surface area contributed by atoms with Crippen molar-refractivity contribution in [3.05, 3.63) is 60.7 Å². The normalized spacial score (nSPS) is 24.2. The molecule has 2 aliphatic rings. The Labute approximate surface area is 168 Å². The number of anilines is 1. The van der Waals surface area contributed by atoms with Gasteiger partial charge < -0.3 is 4.90 Å². The van der Waals surface area contributed by atoms with Gasteiger partial charge in [-0.1, -0.05) is 49.2 Å². The number of rotatable bonds is 5. The number of sulfonamides is 1. The molecule has 1 aliphatic heterocycles. The van der Waals surface area contributed by atoms with Crippen LogP contribution >= 0.6 is 0 Å². The van der Waals surface area contributed by atoms with E-state index in [9.17, 15) is 8.42 Å². The van der Waals surface area contributed by atoms with Crippen molar-refractivity contribution in [2.24, 2.45) is 0 Å². The molecular weight excluding hydrogens is 370 g/mol. The van der Waals surface area contributed by atoms with Crippen LogP contribution < -0.4 is 9.62 Å². The minimum Gasteiger partial charge on any atom is -0.369 e. The van der Waals surface area contributed by atoms with Gasteiger partial charge in [-0.3, -0.25) is 4.90 Å². The van der Waals surface area contributed by atoms with Crippen molar-refractivity contribution in [2.75, 3.05) is 31.1 Å². The van der Waals surface area contributed by atoms with Gasteiger partial charge in [0.15, 0.2) is 0 Å². The molecule has 2 atom stereocenters. The number of piperazine rings is 1. The van der Waals surface area contributed by atoms with Crippen LogP contribution in [-0.2, 0) is 10.0 Å². The maximum atomic E-state index is 12.8. The highest BCUT2D eigenvalue weighted by molar-refractivity contribution is 7.89. The Hall–Kier alpha value is -1.89. The maximum absolute atomic E-state index is 12.8. The molecule has 2 aromatic carbocycles. The highest BCUT2D eigenvalue weighted by Gasteiger charge is 2.34. The summed E-state index contributed by atoms with van der Waals surface area (Å²) in [6.07, 6.45) is 4.23. The van der Waals surface area contributed by atoms with Crippen molar-refractivity contribution >= 4 is 15.7 Å².